The summed E-state index contributed by atoms with van der Waals surface area (Å²) in [5, 5.41) is 0. The molecule has 96 valence electrons. The van der Waals surface area contributed by atoms with E-state index in [1.54, 1.807) is 24.3 Å². The van der Waals surface area contributed by atoms with E-state index >= 15 is 0 Å². The highest BCUT2D eigenvalue weighted by Crippen LogP contribution is 2.29. The third-order valence-corrected chi connectivity index (χ3v) is 4.06. The maximum atomic E-state index is 12.0. The molecule has 0 aromatic heterocycles. The molecule has 1 aromatic carbocycles. The molecule has 0 spiro atoms. The van der Waals surface area contributed by atoms with Gasteiger partial charge in [-0.1, -0.05) is 12.1 Å². The van der Waals surface area contributed by atoms with E-state index in [0.29, 0.717) is 17.0 Å². The zero-order valence-corrected chi connectivity index (χ0v) is 11.8. The number of fused-ring (bicyclic) bond motifs is 1. The third-order valence-electron chi connectivity index (χ3n) is 2.79. The van der Waals surface area contributed by atoms with Crippen molar-refractivity contribution in [3.63, 3.8) is 0 Å². The van der Waals surface area contributed by atoms with Crippen molar-refractivity contribution in [1.82, 2.24) is 4.31 Å². The van der Waals surface area contributed by atoms with E-state index in [4.69, 9.17) is 0 Å². The predicted octanol–water partition coefficient (Wildman–Crippen LogP) is -0.205. The summed E-state index contributed by atoms with van der Waals surface area (Å²) in [5.74, 6) is 0.726. The van der Waals surface area contributed by atoms with Gasteiger partial charge in [0.1, 0.15) is 5.92 Å². The number of rotatable bonds is 4. The first-order valence-corrected chi connectivity index (χ1v) is 6.49. The average Bonchev–Trinajstić information content (AvgIpc) is 2.60. The molecule has 0 fully saturated rings. The molecule has 18 heavy (non-hydrogen) atoms. The van der Waals surface area contributed by atoms with Gasteiger partial charge >= 0.3 is 0 Å². The topological polar surface area (TPSA) is 37.4 Å². The van der Waals surface area contributed by atoms with Gasteiger partial charge in [0.25, 0.3) is 11.8 Å². The molecule has 0 aliphatic carbocycles. The highest BCUT2D eigenvalue weighted by Gasteiger charge is 2.36. The molecule has 1 atom stereocenters. The number of carbonyl (C=O) groups excluding carboxylic acids is 2. The Balaban J connectivity index is 0.00000162. The van der Waals surface area contributed by atoms with Crippen LogP contribution in [0.3, 0.4) is 0 Å². The van der Waals surface area contributed by atoms with Gasteiger partial charge in [0.05, 0.1) is 30.2 Å². The van der Waals surface area contributed by atoms with Gasteiger partial charge in [0.2, 0.25) is 0 Å². The van der Waals surface area contributed by atoms with Gasteiger partial charge in [-0.25, -0.2) is 4.31 Å². The number of hydrogen-bond donors (Lipinski definition) is 0. The van der Waals surface area contributed by atoms with E-state index in [9.17, 15) is 9.59 Å². The molecule has 1 aliphatic heterocycles. The molecule has 0 radical (unpaired) electrons. The Bertz CT molecular complexity index is 429. The van der Waals surface area contributed by atoms with Crippen LogP contribution in [-0.2, 0) is 0 Å². The maximum Gasteiger partial charge on any atom is 0.271 e. The van der Waals surface area contributed by atoms with Crippen molar-refractivity contribution in [2.75, 3.05) is 5.75 Å². The first kappa shape index (κ1) is 14.9. The van der Waals surface area contributed by atoms with Crippen LogP contribution >= 0.6 is 11.9 Å². The van der Waals surface area contributed by atoms with Gasteiger partial charge < -0.3 is 12.4 Å². The Morgan fingerprint density at radius 1 is 1.22 bits per heavy atom. The van der Waals surface area contributed by atoms with E-state index in [0.717, 1.165) is 5.75 Å². The number of hydrogen-bond acceptors (Lipinski definition) is 3. The van der Waals surface area contributed by atoms with Crippen LogP contribution in [0.1, 0.15) is 34.6 Å². The number of benzene rings is 1. The molecule has 0 N–H and O–H groups in total. The minimum absolute atomic E-state index is 0. The van der Waals surface area contributed by atoms with Crippen LogP contribution in [0.25, 0.3) is 0 Å². The van der Waals surface area contributed by atoms with Crippen molar-refractivity contribution in [3.05, 3.63) is 41.8 Å². The lowest BCUT2D eigenvalue weighted by atomic mass is 10.1. The number of imide groups is 1. The fourth-order valence-electron chi connectivity index (χ4n) is 1.57. The molecule has 5 heteroatoms. The third kappa shape index (κ3) is 2.65. The molecule has 1 aromatic rings. The monoisotopic (exact) mass is 283 g/mol. The fourth-order valence-corrected chi connectivity index (χ4v) is 2.58. The van der Waals surface area contributed by atoms with Crippen molar-refractivity contribution in [1.29, 1.82) is 0 Å². The smallest absolute Gasteiger partial charge is 0.271 e. The van der Waals surface area contributed by atoms with Gasteiger partial charge in [-0.15, -0.1) is 0 Å². The Morgan fingerprint density at radius 3 is 2.17 bits per heavy atom. The number of nitrogens with zero attached hydrogens (tertiary/aromatic N) is 1. The standard InChI is InChI=1S/C13H14NO2S.ClH/c1-3-9(2)8-17-14-12(15)10-6-4-5-7-11(10)13(14)16;/h3-7,9H,8H2,1-2H3;1H/q+1;/p-1. The number of halogens is 1. The molecular formula is C13H14ClNO2S. The summed E-state index contributed by atoms with van der Waals surface area (Å²) in [6.07, 6.45) is 2.06. The van der Waals surface area contributed by atoms with Gasteiger partial charge in [0, 0.05) is 0 Å². The molecule has 2 amide bonds. The first-order chi connectivity index (χ1) is 8.15. The zero-order valence-electron chi connectivity index (χ0n) is 10.2. The quantitative estimate of drug-likeness (QED) is 0.436. The fraction of sp³-hybridized carbons (Fsp3) is 0.308. The largest absolute Gasteiger partial charge is 1.00 e. The molecular weight excluding hydrogens is 270 g/mol. The molecule has 0 saturated heterocycles. The lowest BCUT2D eigenvalue weighted by molar-refractivity contribution is -0.0000244. The number of carbonyl (C=O) groups is 2. The lowest BCUT2D eigenvalue weighted by Gasteiger charge is -2.12. The van der Waals surface area contributed by atoms with Crippen LogP contribution in [-0.4, -0.2) is 21.9 Å². The highest BCUT2D eigenvalue weighted by atomic mass is 35.5. The second-order valence-electron chi connectivity index (χ2n) is 4.06. The summed E-state index contributed by atoms with van der Waals surface area (Å²) in [7, 11) is 0. The van der Waals surface area contributed by atoms with Crippen LogP contribution in [0.15, 0.2) is 24.3 Å². The van der Waals surface area contributed by atoms with Crippen molar-refractivity contribution < 1.29 is 22.0 Å². The SMILES string of the molecule is C[CH+]C(C)CSN1C(=O)c2ccccc2C1=O.[Cl-]. The molecule has 3 nitrogen and oxygen atoms in total. The van der Waals surface area contributed by atoms with E-state index in [2.05, 4.69) is 13.3 Å². The molecule has 2 rings (SSSR count). The summed E-state index contributed by atoms with van der Waals surface area (Å²) < 4.78 is 1.27. The van der Waals surface area contributed by atoms with E-state index < -0.39 is 0 Å². The molecule has 1 aliphatic rings. The Morgan fingerprint density at radius 2 is 1.72 bits per heavy atom. The lowest BCUT2D eigenvalue weighted by Crippen LogP contribution is -3.00. The number of amides is 2. The van der Waals surface area contributed by atoms with E-state index in [-0.39, 0.29) is 24.2 Å². The van der Waals surface area contributed by atoms with Crippen molar-refractivity contribution in [2.24, 2.45) is 5.92 Å². The second-order valence-corrected chi connectivity index (χ2v) is 5.01. The van der Waals surface area contributed by atoms with Gasteiger partial charge in [-0.2, -0.15) is 0 Å². The van der Waals surface area contributed by atoms with E-state index in [1.807, 2.05) is 6.92 Å². The van der Waals surface area contributed by atoms with Crippen molar-refractivity contribution >= 4 is 23.8 Å². The summed E-state index contributed by atoms with van der Waals surface area (Å²) in [6, 6.07) is 6.96. The minimum atomic E-state index is -0.195. The molecule has 1 heterocycles. The zero-order chi connectivity index (χ0) is 12.4. The normalized spacial score (nSPS) is 15.1. The predicted molar refractivity (Wildman–Crippen MR) is 68.5 cm³/mol. The van der Waals surface area contributed by atoms with Crippen LogP contribution in [0.5, 0.6) is 0 Å². The Labute approximate surface area is 117 Å². The minimum Gasteiger partial charge on any atom is -1.00 e. The average molecular weight is 284 g/mol. The van der Waals surface area contributed by atoms with Gasteiger partial charge in [0.15, 0.2) is 0 Å². The van der Waals surface area contributed by atoms with Crippen LogP contribution in [0.2, 0.25) is 0 Å². The van der Waals surface area contributed by atoms with Crippen molar-refractivity contribution in [3.8, 4) is 0 Å². The summed E-state index contributed by atoms with van der Waals surface area (Å²) in [5.41, 5.74) is 1.02. The van der Waals surface area contributed by atoms with Gasteiger partial charge in [-0.3, -0.25) is 9.59 Å². The highest BCUT2D eigenvalue weighted by molar-refractivity contribution is 7.98. The molecule has 0 bridgehead atoms. The van der Waals surface area contributed by atoms with E-state index in [1.165, 1.54) is 16.3 Å². The summed E-state index contributed by atoms with van der Waals surface area (Å²) in [6.45, 7) is 4.04. The van der Waals surface area contributed by atoms with Crippen LogP contribution in [0.4, 0.5) is 0 Å². The second kappa shape index (κ2) is 6.16. The Kier molecular flexibility index (Phi) is 5.11. The Hall–Kier alpha value is -1.13. The maximum absolute atomic E-state index is 12.0. The molecule has 0 saturated carbocycles. The van der Waals surface area contributed by atoms with Crippen molar-refractivity contribution in [2.45, 2.75) is 13.8 Å². The summed E-state index contributed by atoms with van der Waals surface area (Å²) >= 11 is 1.29. The molecule has 1 unspecified atom stereocenters. The summed E-state index contributed by atoms with van der Waals surface area (Å²) in [4.78, 5) is 24.0. The van der Waals surface area contributed by atoms with Crippen LogP contribution < -0.4 is 12.4 Å². The van der Waals surface area contributed by atoms with Gasteiger partial charge in [-0.05, 0) is 31.0 Å². The van der Waals surface area contributed by atoms with Crippen LogP contribution in [0, 0.1) is 12.3 Å². The first-order valence-electron chi connectivity index (χ1n) is 5.55.